The fraction of sp³-hybridized carbons (Fsp3) is 1.00. The second-order valence-corrected chi connectivity index (χ2v) is 5.55. The minimum Gasteiger partial charge on any atom is -0.395 e. The second kappa shape index (κ2) is 7.45. The number of hydrogen-bond donors (Lipinski definition) is 8. The van der Waals surface area contributed by atoms with Crippen LogP contribution in [0.15, 0.2) is 0 Å². The third-order valence-corrected chi connectivity index (χ3v) is 4.08. The van der Waals surface area contributed by atoms with E-state index in [1.807, 2.05) is 0 Å². The van der Waals surface area contributed by atoms with Crippen molar-refractivity contribution in [1.29, 1.82) is 0 Å². The van der Waals surface area contributed by atoms with Crippen LogP contribution in [0.5, 0.6) is 0 Å². The molecule has 0 saturated carbocycles. The average Bonchev–Trinajstić information content (AvgIpc) is 2.52. The van der Waals surface area contributed by atoms with E-state index in [-0.39, 0.29) is 13.2 Å². The van der Waals surface area contributed by atoms with Gasteiger partial charge in [-0.05, 0) is 0 Å². The van der Waals surface area contributed by atoms with Gasteiger partial charge in [-0.3, -0.25) is 0 Å². The Hall–Kier alpha value is -0.400. The van der Waals surface area contributed by atoms with E-state index >= 15 is 0 Å². The first-order chi connectivity index (χ1) is 10.4. The van der Waals surface area contributed by atoms with Gasteiger partial charge in [0.25, 0.3) is 0 Å². The Kier molecular flexibility index (Phi) is 6.07. The number of hydrogen-bond acceptors (Lipinski definition) is 10. The first kappa shape index (κ1) is 17.9. The van der Waals surface area contributed by atoms with Gasteiger partial charge in [-0.25, -0.2) is 0 Å². The summed E-state index contributed by atoms with van der Waals surface area (Å²) in [6, 6.07) is -0.704. The molecule has 10 heteroatoms. The predicted octanol–water partition coefficient (Wildman–Crippen LogP) is -5.14. The Bertz CT molecular complexity index is 357. The molecule has 0 unspecified atom stereocenters. The lowest BCUT2D eigenvalue weighted by Gasteiger charge is -2.43. The molecular weight excluding hydrogens is 302 g/mol. The molecule has 130 valence electrons. The normalized spacial score (nSPS) is 50.0. The average molecular weight is 325 g/mol. The van der Waals surface area contributed by atoms with Crippen LogP contribution in [-0.2, 0) is 9.47 Å². The van der Waals surface area contributed by atoms with E-state index in [9.17, 15) is 25.5 Å². The molecule has 0 bridgehead atoms. The maximum atomic E-state index is 9.97. The lowest BCUT2D eigenvalue weighted by atomic mass is 9.95. The second-order valence-electron chi connectivity index (χ2n) is 5.55. The molecule has 9 atom stereocenters. The molecule has 0 amide bonds. The minimum atomic E-state index is -1.59. The monoisotopic (exact) mass is 325 g/mol. The molecule has 0 spiro atoms. The van der Waals surface area contributed by atoms with Crippen molar-refractivity contribution in [1.82, 2.24) is 5.32 Å². The van der Waals surface area contributed by atoms with Gasteiger partial charge in [0.2, 0.25) is 0 Å². The highest BCUT2D eigenvalue weighted by Crippen LogP contribution is 2.25. The van der Waals surface area contributed by atoms with Crippen LogP contribution in [0.4, 0.5) is 0 Å². The summed E-state index contributed by atoms with van der Waals surface area (Å²) in [4.78, 5) is 0. The maximum Gasteiger partial charge on any atom is 0.187 e. The summed E-state index contributed by atoms with van der Waals surface area (Å²) >= 11 is 0. The minimum absolute atomic E-state index is 0.0679. The van der Waals surface area contributed by atoms with E-state index in [1.54, 1.807) is 0 Å². The van der Waals surface area contributed by atoms with Gasteiger partial charge in [-0.2, -0.15) is 0 Å². The summed E-state index contributed by atoms with van der Waals surface area (Å²) in [5.74, 6) is 0. The Labute approximate surface area is 126 Å². The molecule has 8 N–H and O–H groups in total. The fourth-order valence-corrected chi connectivity index (χ4v) is 2.62. The number of aliphatic hydroxyl groups is 7. The lowest BCUT2D eigenvalue weighted by Crippen LogP contribution is -2.65. The van der Waals surface area contributed by atoms with Crippen molar-refractivity contribution in [3.8, 4) is 0 Å². The van der Waals surface area contributed by atoms with E-state index in [0.29, 0.717) is 0 Å². The van der Waals surface area contributed by atoms with Crippen LogP contribution in [0.25, 0.3) is 0 Å². The van der Waals surface area contributed by atoms with E-state index in [0.717, 1.165) is 0 Å². The molecule has 0 aliphatic carbocycles. The van der Waals surface area contributed by atoms with E-state index < -0.39 is 61.7 Å². The molecule has 2 saturated heterocycles. The molecule has 2 fully saturated rings. The smallest absolute Gasteiger partial charge is 0.187 e. The third kappa shape index (κ3) is 3.41. The van der Waals surface area contributed by atoms with Crippen molar-refractivity contribution in [3.63, 3.8) is 0 Å². The first-order valence-electron chi connectivity index (χ1n) is 7.07. The topological polar surface area (TPSA) is 172 Å². The zero-order valence-electron chi connectivity index (χ0n) is 11.8. The standard InChI is InChI=1S/C12H23NO9/c14-2-4-7(16)8(17)5(1-13-4)21-12-11(20)10(19)9(18)6(3-15)22-12/h4-20H,1-3H2/t4-,5+,6-,7-,8-,9+,10+,11-,12+/m1/s1. The summed E-state index contributed by atoms with van der Waals surface area (Å²) in [5, 5.41) is 69.8. The highest BCUT2D eigenvalue weighted by atomic mass is 16.7. The quantitative estimate of drug-likeness (QED) is 0.250. The number of aliphatic hydroxyl groups excluding tert-OH is 7. The summed E-state index contributed by atoms with van der Waals surface area (Å²) in [6.07, 6.45) is -10.8. The fourth-order valence-electron chi connectivity index (χ4n) is 2.62. The van der Waals surface area contributed by atoms with Crippen molar-refractivity contribution in [2.75, 3.05) is 19.8 Å². The zero-order valence-corrected chi connectivity index (χ0v) is 11.8. The van der Waals surface area contributed by atoms with E-state index in [4.69, 9.17) is 19.7 Å². The molecule has 2 aliphatic rings. The van der Waals surface area contributed by atoms with Gasteiger partial charge in [0.15, 0.2) is 6.29 Å². The van der Waals surface area contributed by atoms with Crippen LogP contribution in [-0.4, -0.2) is 111 Å². The van der Waals surface area contributed by atoms with Crippen LogP contribution in [0.1, 0.15) is 0 Å². The Morgan fingerprint density at radius 3 is 2.14 bits per heavy atom. The van der Waals surface area contributed by atoms with Crippen molar-refractivity contribution in [2.24, 2.45) is 0 Å². The Morgan fingerprint density at radius 2 is 1.55 bits per heavy atom. The Morgan fingerprint density at radius 1 is 0.864 bits per heavy atom. The maximum absolute atomic E-state index is 9.97. The van der Waals surface area contributed by atoms with Crippen LogP contribution >= 0.6 is 0 Å². The van der Waals surface area contributed by atoms with Crippen molar-refractivity contribution in [3.05, 3.63) is 0 Å². The number of piperidine rings is 1. The van der Waals surface area contributed by atoms with Crippen molar-refractivity contribution < 1.29 is 45.2 Å². The van der Waals surface area contributed by atoms with Crippen molar-refractivity contribution in [2.45, 2.75) is 55.1 Å². The van der Waals surface area contributed by atoms with Crippen LogP contribution in [0.3, 0.4) is 0 Å². The number of rotatable bonds is 4. The summed E-state index contributed by atoms with van der Waals surface area (Å²) in [5.41, 5.74) is 0. The molecule has 22 heavy (non-hydrogen) atoms. The molecule has 2 rings (SSSR count). The molecule has 0 aromatic rings. The summed E-state index contributed by atoms with van der Waals surface area (Å²) < 4.78 is 10.5. The van der Waals surface area contributed by atoms with Gasteiger partial charge in [0.1, 0.15) is 36.6 Å². The summed E-state index contributed by atoms with van der Waals surface area (Å²) in [7, 11) is 0. The number of ether oxygens (including phenoxy) is 2. The third-order valence-electron chi connectivity index (χ3n) is 4.08. The van der Waals surface area contributed by atoms with Gasteiger partial charge in [0.05, 0.1) is 25.4 Å². The molecule has 0 aromatic heterocycles. The van der Waals surface area contributed by atoms with Gasteiger partial charge in [0, 0.05) is 6.54 Å². The van der Waals surface area contributed by atoms with Gasteiger partial charge in [-0.1, -0.05) is 0 Å². The predicted molar refractivity (Wildman–Crippen MR) is 69.5 cm³/mol. The first-order valence-corrected chi connectivity index (χ1v) is 7.07. The largest absolute Gasteiger partial charge is 0.395 e. The molecule has 2 aliphatic heterocycles. The summed E-state index contributed by atoms with van der Waals surface area (Å²) in [6.45, 7) is -0.894. The molecule has 10 nitrogen and oxygen atoms in total. The molecule has 2 heterocycles. The highest BCUT2D eigenvalue weighted by molar-refractivity contribution is 4.95. The van der Waals surface area contributed by atoms with E-state index in [1.165, 1.54) is 0 Å². The van der Waals surface area contributed by atoms with Crippen LogP contribution in [0, 0.1) is 0 Å². The van der Waals surface area contributed by atoms with Crippen molar-refractivity contribution >= 4 is 0 Å². The van der Waals surface area contributed by atoms with Crippen LogP contribution in [0.2, 0.25) is 0 Å². The van der Waals surface area contributed by atoms with Gasteiger partial charge in [-0.15, -0.1) is 0 Å². The van der Waals surface area contributed by atoms with Gasteiger partial charge >= 0.3 is 0 Å². The molecular formula is C12H23NO9. The van der Waals surface area contributed by atoms with E-state index in [2.05, 4.69) is 5.32 Å². The zero-order chi connectivity index (χ0) is 16.4. The highest BCUT2D eigenvalue weighted by Gasteiger charge is 2.47. The molecule has 0 radical (unpaired) electrons. The van der Waals surface area contributed by atoms with Gasteiger partial charge < -0.3 is 50.5 Å². The Balaban J connectivity index is 2.00. The lowest BCUT2D eigenvalue weighted by molar-refractivity contribution is -0.321. The van der Waals surface area contributed by atoms with Crippen LogP contribution < -0.4 is 5.32 Å². The molecule has 0 aromatic carbocycles. The SMILES string of the molecule is OC[C@H]1NC[C@H](O[C@H]2O[C@H](CO)[C@H](O)[C@H](O)[C@H]2O)[C@@H](O)[C@@H]1O. The number of nitrogens with one attached hydrogen (secondary N) is 1.